The first kappa shape index (κ1) is 15.4. The van der Waals surface area contributed by atoms with Crippen LogP contribution in [0.3, 0.4) is 0 Å². The summed E-state index contributed by atoms with van der Waals surface area (Å²) >= 11 is 0. The van der Waals surface area contributed by atoms with Crippen LogP contribution in [0.25, 0.3) is 0 Å². The van der Waals surface area contributed by atoms with Crippen LogP contribution in [0, 0.1) is 5.92 Å². The lowest BCUT2D eigenvalue weighted by molar-refractivity contribution is -0.120. The molecule has 0 aliphatic carbocycles. The zero-order valence-corrected chi connectivity index (χ0v) is 11.0. The van der Waals surface area contributed by atoms with Crippen molar-refractivity contribution in [3.05, 3.63) is 0 Å². The van der Waals surface area contributed by atoms with Gasteiger partial charge in [-0.2, -0.15) is 0 Å². The molecule has 0 aromatic rings. The van der Waals surface area contributed by atoms with Crippen molar-refractivity contribution in [1.82, 2.24) is 10.6 Å². The van der Waals surface area contributed by atoms with Gasteiger partial charge in [-0.15, -0.1) is 0 Å². The van der Waals surface area contributed by atoms with Crippen LogP contribution in [0.4, 0.5) is 0 Å². The molecule has 0 aliphatic heterocycles. The number of carbonyl (C=O) groups is 1. The van der Waals surface area contributed by atoms with Crippen molar-refractivity contribution in [2.24, 2.45) is 5.92 Å². The summed E-state index contributed by atoms with van der Waals surface area (Å²) in [6.07, 6.45) is 1.67. The molecule has 0 spiro atoms. The topological polar surface area (TPSA) is 61.4 Å². The van der Waals surface area contributed by atoms with Gasteiger partial charge in [-0.25, -0.2) is 0 Å². The molecule has 0 radical (unpaired) electrons. The molecular weight excluding hydrogens is 204 g/mol. The molecule has 1 amide bonds. The summed E-state index contributed by atoms with van der Waals surface area (Å²) in [6.45, 7) is 9.39. The van der Waals surface area contributed by atoms with Gasteiger partial charge in [-0.3, -0.25) is 4.79 Å². The van der Waals surface area contributed by atoms with Crippen LogP contribution < -0.4 is 10.6 Å². The Hall–Kier alpha value is -0.610. The second-order valence-electron chi connectivity index (χ2n) is 5.05. The van der Waals surface area contributed by atoms with Crippen LogP contribution >= 0.6 is 0 Å². The predicted molar refractivity (Wildman–Crippen MR) is 66.2 cm³/mol. The van der Waals surface area contributed by atoms with Crippen LogP contribution in [0.1, 0.15) is 40.5 Å². The number of aliphatic hydroxyl groups is 1. The molecule has 0 bridgehead atoms. The molecule has 1 atom stereocenters. The van der Waals surface area contributed by atoms with Gasteiger partial charge in [0.1, 0.15) is 0 Å². The van der Waals surface area contributed by atoms with Crippen molar-refractivity contribution in [1.29, 1.82) is 0 Å². The highest BCUT2D eigenvalue weighted by molar-refractivity contribution is 5.77. The van der Waals surface area contributed by atoms with E-state index in [1.54, 1.807) is 6.92 Å². The Morgan fingerprint density at radius 3 is 2.56 bits per heavy atom. The summed E-state index contributed by atoms with van der Waals surface area (Å²) in [4.78, 5) is 11.3. The van der Waals surface area contributed by atoms with Gasteiger partial charge in [0.15, 0.2) is 0 Å². The van der Waals surface area contributed by atoms with Gasteiger partial charge in [0.05, 0.1) is 12.1 Å². The maximum Gasteiger partial charge on any atom is 0.233 e. The molecule has 1 unspecified atom stereocenters. The summed E-state index contributed by atoms with van der Waals surface area (Å²) in [5.74, 6) is 0.438. The van der Waals surface area contributed by atoms with Crippen molar-refractivity contribution in [2.45, 2.75) is 46.1 Å². The summed E-state index contributed by atoms with van der Waals surface area (Å²) in [6, 6.07) is 0. The molecule has 4 nitrogen and oxygen atoms in total. The number of carbonyl (C=O) groups excluding carboxylic acids is 1. The van der Waals surface area contributed by atoms with Crippen LogP contribution in [-0.2, 0) is 4.79 Å². The van der Waals surface area contributed by atoms with Gasteiger partial charge in [-0.05, 0) is 25.7 Å². The molecule has 0 heterocycles. The smallest absolute Gasteiger partial charge is 0.233 e. The molecule has 0 aliphatic rings. The van der Waals surface area contributed by atoms with Gasteiger partial charge < -0.3 is 15.7 Å². The van der Waals surface area contributed by atoms with E-state index in [-0.39, 0.29) is 12.5 Å². The molecule has 4 heteroatoms. The molecule has 16 heavy (non-hydrogen) atoms. The van der Waals surface area contributed by atoms with E-state index in [1.807, 2.05) is 6.92 Å². The maximum absolute atomic E-state index is 11.3. The number of rotatable bonds is 8. The first-order chi connectivity index (χ1) is 7.37. The van der Waals surface area contributed by atoms with Crippen LogP contribution in [-0.4, -0.2) is 36.2 Å². The Morgan fingerprint density at radius 2 is 2.06 bits per heavy atom. The summed E-state index contributed by atoms with van der Waals surface area (Å²) in [7, 11) is 0. The van der Waals surface area contributed by atoms with Gasteiger partial charge in [0.25, 0.3) is 0 Å². The van der Waals surface area contributed by atoms with E-state index in [0.717, 1.165) is 12.8 Å². The summed E-state index contributed by atoms with van der Waals surface area (Å²) in [5.41, 5.74) is -0.737. The second-order valence-corrected chi connectivity index (χ2v) is 5.05. The third-order valence-electron chi connectivity index (χ3n) is 2.21. The Kier molecular flexibility index (Phi) is 7.34. The van der Waals surface area contributed by atoms with E-state index in [4.69, 9.17) is 0 Å². The van der Waals surface area contributed by atoms with Crippen molar-refractivity contribution < 1.29 is 9.90 Å². The van der Waals surface area contributed by atoms with E-state index in [9.17, 15) is 9.90 Å². The minimum absolute atomic E-state index is 0.0119. The van der Waals surface area contributed by atoms with Crippen molar-refractivity contribution in [2.75, 3.05) is 19.6 Å². The normalized spacial score (nSPS) is 14.9. The average molecular weight is 230 g/mol. The molecular formula is C12H26N2O2. The second kappa shape index (κ2) is 7.63. The molecule has 3 N–H and O–H groups in total. The Bertz CT molecular complexity index is 203. The third-order valence-corrected chi connectivity index (χ3v) is 2.21. The maximum atomic E-state index is 11.3. The van der Waals surface area contributed by atoms with Crippen molar-refractivity contribution >= 4 is 5.91 Å². The standard InChI is InChI=1S/C12H26N2O2/c1-5-6-14-11(15)8-13-9-12(4,16)7-10(2)3/h10,13,16H,5-9H2,1-4H3,(H,14,15). The fraction of sp³-hybridized carbons (Fsp3) is 0.917. The Labute approximate surface area is 98.8 Å². The summed E-state index contributed by atoms with van der Waals surface area (Å²) in [5, 5.41) is 15.7. The molecule has 96 valence electrons. The Balaban J connectivity index is 3.67. The fourth-order valence-corrected chi connectivity index (χ4v) is 1.72. The fourth-order valence-electron chi connectivity index (χ4n) is 1.72. The van der Waals surface area contributed by atoms with E-state index in [2.05, 4.69) is 24.5 Å². The molecule has 0 rings (SSSR count). The molecule has 0 saturated heterocycles. The van der Waals surface area contributed by atoms with Crippen molar-refractivity contribution in [3.8, 4) is 0 Å². The first-order valence-electron chi connectivity index (χ1n) is 6.07. The zero-order chi connectivity index (χ0) is 12.6. The van der Waals surface area contributed by atoms with Gasteiger partial charge in [0, 0.05) is 13.1 Å². The highest BCUT2D eigenvalue weighted by atomic mass is 16.3. The van der Waals surface area contributed by atoms with E-state index in [1.165, 1.54) is 0 Å². The molecule has 0 aromatic carbocycles. The van der Waals surface area contributed by atoms with Crippen molar-refractivity contribution in [3.63, 3.8) is 0 Å². The number of hydrogen-bond acceptors (Lipinski definition) is 3. The monoisotopic (exact) mass is 230 g/mol. The highest BCUT2D eigenvalue weighted by Crippen LogP contribution is 2.14. The Morgan fingerprint density at radius 1 is 1.44 bits per heavy atom. The molecule has 0 aromatic heterocycles. The predicted octanol–water partition coefficient (Wildman–Crippen LogP) is 0.899. The van der Waals surface area contributed by atoms with E-state index >= 15 is 0 Å². The summed E-state index contributed by atoms with van der Waals surface area (Å²) < 4.78 is 0. The van der Waals surface area contributed by atoms with Gasteiger partial charge in [-0.1, -0.05) is 20.8 Å². The van der Waals surface area contributed by atoms with Crippen LogP contribution in [0.2, 0.25) is 0 Å². The number of nitrogens with one attached hydrogen (secondary N) is 2. The number of hydrogen-bond donors (Lipinski definition) is 3. The number of amides is 1. The van der Waals surface area contributed by atoms with E-state index < -0.39 is 5.60 Å². The SMILES string of the molecule is CCCNC(=O)CNCC(C)(O)CC(C)C. The third kappa shape index (κ3) is 8.68. The zero-order valence-electron chi connectivity index (χ0n) is 11.0. The van der Waals surface area contributed by atoms with Crippen LogP contribution in [0.5, 0.6) is 0 Å². The van der Waals surface area contributed by atoms with Gasteiger partial charge in [0.2, 0.25) is 5.91 Å². The lowest BCUT2D eigenvalue weighted by Gasteiger charge is -2.25. The quantitative estimate of drug-likeness (QED) is 0.580. The molecule has 0 saturated carbocycles. The lowest BCUT2D eigenvalue weighted by Crippen LogP contribution is -2.43. The van der Waals surface area contributed by atoms with E-state index in [0.29, 0.717) is 19.0 Å². The average Bonchev–Trinajstić information content (AvgIpc) is 2.12. The minimum Gasteiger partial charge on any atom is -0.389 e. The first-order valence-corrected chi connectivity index (χ1v) is 6.07. The van der Waals surface area contributed by atoms with Gasteiger partial charge >= 0.3 is 0 Å². The largest absolute Gasteiger partial charge is 0.389 e. The van der Waals surface area contributed by atoms with Crippen LogP contribution in [0.15, 0.2) is 0 Å². The highest BCUT2D eigenvalue weighted by Gasteiger charge is 2.21. The lowest BCUT2D eigenvalue weighted by atomic mass is 9.94. The minimum atomic E-state index is -0.737. The molecule has 0 fully saturated rings.